The fourth-order valence-corrected chi connectivity index (χ4v) is 1.74. The molecule has 0 saturated carbocycles. The fraction of sp³-hybridized carbons (Fsp3) is 0.417. The molecule has 1 rings (SSSR count). The number of carboxylic acid groups (broad SMARTS) is 1. The number of hydrogen-bond donors (Lipinski definition) is 3. The third kappa shape index (κ3) is 2.33. The van der Waals surface area contributed by atoms with Crippen LogP contribution in [0, 0.1) is 20.8 Å². The topological polar surface area (TPSA) is 83.5 Å². The van der Waals surface area contributed by atoms with Crippen LogP contribution >= 0.6 is 0 Å². The average molecular weight is 223 g/mol. The summed E-state index contributed by atoms with van der Waals surface area (Å²) in [6, 6.07) is 0.744. The molecule has 0 aliphatic heterocycles. The molecule has 1 unspecified atom stereocenters. The Morgan fingerprint density at radius 2 is 1.94 bits per heavy atom. The third-order valence-corrected chi connectivity index (χ3v) is 2.97. The van der Waals surface area contributed by atoms with Gasteiger partial charge in [0.15, 0.2) is 0 Å². The van der Waals surface area contributed by atoms with Crippen LogP contribution in [0.1, 0.15) is 22.3 Å². The van der Waals surface area contributed by atoms with Crippen LogP contribution in [0.4, 0.5) is 0 Å². The highest BCUT2D eigenvalue weighted by Crippen LogP contribution is 2.27. The third-order valence-electron chi connectivity index (χ3n) is 2.97. The zero-order chi connectivity index (χ0) is 12.5. The normalized spacial score (nSPS) is 12.5. The van der Waals surface area contributed by atoms with Crippen LogP contribution in [0.3, 0.4) is 0 Å². The summed E-state index contributed by atoms with van der Waals surface area (Å²) < 4.78 is 0. The van der Waals surface area contributed by atoms with E-state index in [-0.39, 0.29) is 12.2 Å². The smallest absolute Gasteiger partial charge is 0.320 e. The van der Waals surface area contributed by atoms with E-state index in [4.69, 9.17) is 10.8 Å². The van der Waals surface area contributed by atoms with Crippen molar-refractivity contribution in [3.63, 3.8) is 0 Å². The molecule has 0 saturated heterocycles. The largest absolute Gasteiger partial charge is 0.508 e. The number of rotatable bonds is 3. The van der Waals surface area contributed by atoms with Gasteiger partial charge in [0.25, 0.3) is 0 Å². The Labute approximate surface area is 94.7 Å². The van der Waals surface area contributed by atoms with Gasteiger partial charge >= 0.3 is 5.97 Å². The van der Waals surface area contributed by atoms with Crippen LogP contribution in [0.5, 0.6) is 5.75 Å². The number of aromatic hydroxyl groups is 1. The Hall–Kier alpha value is -1.55. The molecule has 4 N–H and O–H groups in total. The van der Waals surface area contributed by atoms with E-state index in [9.17, 15) is 9.90 Å². The second-order valence-electron chi connectivity index (χ2n) is 4.09. The van der Waals surface area contributed by atoms with Gasteiger partial charge in [-0.25, -0.2) is 0 Å². The molecule has 0 aliphatic rings. The second kappa shape index (κ2) is 4.53. The van der Waals surface area contributed by atoms with E-state index in [0.717, 1.165) is 22.3 Å². The Kier molecular flexibility index (Phi) is 3.55. The molecule has 0 radical (unpaired) electrons. The number of nitrogens with two attached hydrogens (primary N) is 1. The summed E-state index contributed by atoms with van der Waals surface area (Å²) >= 11 is 0. The number of carboxylic acids is 1. The Balaban J connectivity index is 3.14. The van der Waals surface area contributed by atoms with Crippen LogP contribution in [0.2, 0.25) is 0 Å². The van der Waals surface area contributed by atoms with Gasteiger partial charge in [-0.2, -0.15) is 0 Å². The first-order chi connectivity index (χ1) is 7.34. The minimum Gasteiger partial charge on any atom is -0.508 e. The lowest BCUT2D eigenvalue weighted by atomic mass is 9.93. The van der Waals surface area contributed by atoms with Gasteiger partial charge in [0.2, 0.25) is 0 Å². The summed E-state index contributed by atoms with van der Waals surface area (Å²) in [6.07, 6.45) is 0.286. The first kappa shape index (κ1) is 12.5. The molecule has 0 aliphatic carbocycles. The van der Waals surface area contributed by atoms with Gasteiger partial charge in [0.1, 0.15) is 11.8 Å². The molecule has 0 fully saturated rings. The van der Waals surface area contributed by atoms with E-state index in [0.29, 0.717) is 0 Å². The van der Waals surface area contributed by atoms with Gasteiger partial charge in [-0.05, 0) is 55.5 Å². The van der Waals surface area contributed by atoms with Crippen molar-refractivity contribution in [2.24, 2.45) is 5.73 Å². The predicted molar refractivity (Wildman–Crippen MR) is 61.6 cm³/mol. The molecule has 1 aromatic carbocycles. The van der Waals surface area contributed by atoms with Crippen LogP contribution in [0.25, 0.3) is 0 Å². The van der Waals surface area contributed by atoms with Crippen molar-refractivity contribution in [2.75, 3.05) is 0 Å². The van der Waals surface area contributed by atoms with E-state index >= 15 is 0 Å². The van der Waals surface area contributed by atoms with Gasteiger partial charge in [-0.15, -0.1) is 0 Å². The molecule has 0 heterocycles. The minimum absolute atomic E-state index is 0.239. The highest BCUT2D eigenvalue weighted by molar-refractivity contribution is 5.73. The maximum absolute atomic E-state index is 10.7. The van der Waals surface area contributed by atoms with Gasteiger partial charge < -0.3 is 15.9 Å². The maximum Gasteiger partial charge on any atom is 0.320 e. The molecular weight excluding hydrogens is 206 g/mol. The van der Waals surface area contributed by atoms with Crippen LogP contribution < -0.4 is 5.73 Å². The summed E-state index contributed by atoms with van der Waals surface area (Å²) in [4.78, 5) is 10.7. The number of aliphatic carboxylic acids is 1. The van der Waals surface area contributed by atoms with Gasteiger partial charge in [-0.3, -0.25) is 4.79 Å². The minimum atomic E-state index is -1.01. The highest BCUT2D eigenvalue weighted by atomic mass is 16.4. The Bertz CT molecular complexity index is 427. The second-order valence-corrected chi connectivity index (χ2v) is 4.09. The molecule has 0 aromatic heterocycles. The Morgan fingerprint density at radius 1 is 1.38 bits per heavy atom. The molecule has 0 amide bonds. The average Bonchev–Trinajstić information content (AvgIpc) is 2.20. The van der Waals surface area contributed by atoms with E-state index in [1.165, 1.54) is 0 Å². The maximum atomic E-state index is 10.7. The molecular formula is C12H17NO3. The predicted octanol–water partition coefficient (Wildman–Crippen LogP) is 1.27. The summed E-state index contributed by atoms with van der Waals surface area (Å²) in [5.74, 6) is -0.771. The summed E-state index contributed by atoms with van der Waals surface area (Å²) in [5, 5.41) is 18.4. The van der Waals surface area contributed by atoms with Crippen LogP contribution in [0.15, 0.2) is 6.07 Å². The van der Waals surface area contributed by atoms with Crippen molar-refractivity contribution >= 4 is 5.97 Å². The number of benzene rings is 1. The van der Waals surface area contributed by atoms with E-state index in [1.54, 1.807) is 13.0 Å². The van der Waals surface area contributed by atoms with Crippen molar-refractivity contribution in [2.45, 2.75) is 33.2 Å². The van der Waals surface area contributed by atoms with E-state index < -0.39 is 12.0 Å². The van der Waals surface area contributed by atoms with Crippen molar-refractivity contribution < 1.29 is 15.0 Å². The van der Waals surface area contributed by atoms with Crippen molar-refractivity contribution in [3.05, 3.63) is 28.3 Å². The molecule has 4 nitrogen and oxygen atoms in total. The Morgan fingerprint density at radius 3 is 2.44 bits per heavy atom. The zero-order valence-electron chi connectivity index (χ0n) is 9.74. The van der Waals surface area contributed by atoms with E-state index in [1.807, 2.05) is 13.8 Å². The SMILES string of the molecule is Cc1cc(O)c(C)c(C)c1CC(N)C(=O)O. The number of phenolic OH excluding ortho intramolecular Hbond substituents is 1. The number of aryl methyl sites for hydroxylation is 1. The van der Waals surface area contributed by atoms with Gasteiger partial charge in [0, 0.05) is 0 Å². The number of phenols is 1. The first-order valence-corrected chi connectivity index (χ1v) is 5.11. The standard InChI is InChI=1S/C12H17NO3/c1-6-4-11(14)8(3)7(2)9(6)5-10(13)12(15)16/h4,10,14H,5,13H2,1-3H3,(H,15,16). The summed E-state index contributed by atoms with van der Waals surface area (Å²) in [7, 11) is 0. The number of hydrogen-bond acceptors (Lipinski definition) is 3. The van der Waals surface area contributed by atoms with Gasteiger partial charge in [0.05, 0.1) is 0 Å². The zero-order valence-corrected chi connectivity index (χ0v) is 9.74. The van der Waals surface area contributed by atoms with E-state index in [2.05, 4.69) is 0 Å². The van der Waals surface area contributed by atoms with Crippen molar-refractivity contribution in [3.8, 4) is 5.75 Å². The lowest BCUT2D eigenvalue weighted by molar-refractivity contribution is -0.138. The molecule has 88 valence electrons. The highest BCUT2D eigenvalue weighted by Gasteiger charge is 2.17. The molecule has 1 atom stereocenters. The molecule has 0 spiro atoms. The molecule has 16 heavy (non-hydrogen) atoms. The lowest BCUT2D eigenvalue weighted by Gasteiger charge is -2.15. The van der Waals surface area contributed by atoms with Crippen LogP contribution in [-0.2, 0) is 11.2 Å². The van der Waals surface area contributed by atoms with Crippen molar-refractivity contribution in [1.29, 1.82) is 0 Å². The molecule has 4 heteroatoms. The summed E-state index contributed by atoms with van der Waals surface area (Å²) in [5.41, 5.74) is 8.98. The number of carbonyl (C=O) groups is 1. The quantitative estimate of drug-likeness (QED) is 0.720. The molecule has 1 aromatic rings. The fourth-order valence-electron chi connectivity index (χ4n) is 1.74. The van der Waals surface area contributed by atoms with Crippen LogP contribution in [-0.4, -0.2) is 22.2 Å². The van der Waals surface area contributed by atoms with Gasteiger partial charge in [-0.1, -0.05) is 0 Å². The first-order valence-electron chi connectivity index (χ1n) is 5.11. The molecule has 0 bridgehead atoms. The summed E-state index contributed by atoms with van der Waals surface area (Å²) in [6.45, 7) is 5.52. The monoisotopic (exact) mass is 223 g/mol. The van der Waals surface area contributed by atoms with Crippen molar-refractivity contribution in [1.82, 2.24) is 0 Å². The lowest BCUT2D eigenvalue weighted by Crippen LogP contribution is -2.32.